The summed E-state index contributed by atoms with van der Waals surface area (Å²) in [6, 6.07) is 10.9. The van der Waals surface area contributed by atoms with Crippen LogP contribution < -0.4 is 0 Å². The van der Waals surface area contributed by atoms with Crippen LogP contribution in [-0.2, 0) is 10.2 Å². The number of furan rings is 1. The molecule has 23 heavy (non-hydrogen) atoms. The molecule has 1 saturated heterocycles. The molecule has 0 atom stereocenters. The molecule has 1 amide bonds. The molecule has 1 aliphatic heterocycles. The molecule has 0 unspecified atom stereocenters. The van der Waals surface area contributed by atoms with Crippen LogP contribution >= 0.6 is 15.9 Å². The van der Waals surface area contributed by atoms with E-state index in [4.69, 9.17) is 4.42 Å². The van der Waals surface area contributed by atoms with Gasteiger partial charge in [0, 0.05) is 19.2 Å². The second-order valence-corrected chi connectivity index (χ2v) is 6.47. The van der Waals surface area contributed by atoms with E-state index in [1.165, 1.54) is 6.26 Å². The molecule has 0 aliphatic carbocycles. The Bertz CT molecular complexity index is 717. The lowest BCUT2D eigenvalue weighted by Gasteiger charge is -2.39. The smallest absolute Gasteiger partial charge is 0.314 e. The number of amides is 1. The van der Waals surface area contributed by atoms with Gasteiger partial charge in [-0.15, -0.1) is 0 Å². The van der Waals surface area contributed by atoms with Gasteiger partial charge in [-0.25, -0.2) is 0 Å². The van der Waals surface area contributed by atoms with Crippen molar-refractivity contribution in [2.45, 2.75) is 18.3 Å². The van der Waals surface area contributed by atoms with Gasteiger partial charge in [0.2, 0.25) is 0 Å². The average Bonchev–Trinajstić information content (AvgIpc) is 3.01. The quantitative estimate of drug-likeness (QED) is 0.890. The first kappa shape index (κ1) is 15.8. The number of carbonyl (C=O) groups is 2. The van der Waals surface area contributed by atoms with Gasteiger partial charge in [-0.1, -0.05) is 30.3 Å². The monoisotopic (exact) mass is 377 g/mol. The summed E-state index contributed by atoms with van der Waals surface area (Å²) in [7, 11) is 0. The van der Waals surface area contributed by atoms with Gasteiger partial charge >= 0.3 is 5.97 Å². The summed E-state index contributed by atoms with van der Waals surface area (Å²) in [5.74, 6) is -0.964. The molecule has 1 aliphatic rings. The molecule has 0 spiro atoms. The highest BCUT2D eigenvalue weighted by Crippen LogP contribution is 2.36. The zero-order valence-electron chi connectivity index (χ0n) is 12.4. The minimum atomic E-state index is -0.922. The number of nitrogens with zero attached hydrogens (tertiary/aromatic N) is 1. The molecule has 2 aromatic rings. The molecule has 1 N–H and O–H groups in total. The zero-order chi connectivity index (χ0) is 16.4. The maximum Gasteiger partial charge on any atom is 0.314 e. The van der Waals surface area contributed by atoms with Crippen molar-refractivity contribution in [3.8, 4) is 0 Å². The number of carbonyl (C=O) groups excluding carboxylic acids is 1. The number of aliphatic carboxylic acids is 1. The second-order valence-electron chi connectivity index (χ2n) is 5.68. The molecule has 1 aromatic heterocycles. The third-order valence-electron chi connectivity index (χ3n) is 4.45. The van der Waals surface area contributed by atoms with E-state index in [9.17, 15) is 14.7 Å². The first-order valence-corrected chi connectivity index (χ1v) is 8.14. The van der Waals surface area contributed by atoms with Crippen molar-refractivity contribution in [3.05, 3.63) is 58.5 Å². The zero-order valence-corrected chi connectivity index (χ0v) is 14.0. The lowest BCUT2D eigenvalue weighted by molar-refractivity contribution is -0.145. The maximum absolute atomic E-state index is 12.4. The fourth-order valence-corrected chi connectivity index (χ4v) is 3.42. The lowest BCUT2D eigenvalue weighted by Crippen LogP contribution is -2.49. The maximum atomic E-state index is 12.4. The number of piperidine rings is 1. The summed E-state index contributed by atoms with van der Waals surface area (Å²) in [5.41, 5.74) is 0.347. The molecular weight excluding hydrogens is 362 g/mol. The molecular formula is C17H16BrNO4. The summed E-state index contributed by atoms with van der Waals surface area (Å²) in [6.07, 6.45) is 2.21. The summed E-state index contributed by atoms with van der Waals surface area (Å²) < 4.78 is 5.60. The summed E-state index contributed by atoms with van der Waals surface area (Å²) in [6.45, 7) is 0.811. The molecule has 2 heterocycles. The Morgan fingerprint density at radius 1 is 1.17 bits per heavy atom. The molecule has 6 heteroatoms. The van der Waals surface area contributed by atoms with Crippen LogP contribution in [0.3, 0.4) is 0 Å². The van der Waals surface area contributed by atoms with Crippen molar-refractivity contribution >= 4 is 27.8 Å². The summed E-state index contributed by atoms with van der Waals surface area (Å²) in [4.78, 5) is 26.0. The minimum absolute atomic E-state index is 0.133. The van der Waals surface area contributed by atoms with Gasteiger partial charge in [0.15, 0.2) is 4.67 Å². The molecule has 1 fully saturated rings. The predicted molar refractivity (Wildman–Crippen MR) is 87.3 cm³/mol. The van der Waals surface area contributed by atoms with E-state index in [1.54, 1.807) is 11.0 Å². The van der Waals surface area contributed by atoms with Crippen molar-refractivity contribution in [2.24, 2.45) is 0 Å². The highest BCUT2D eigenvalue weighted by molar-refractivity contribution is 9.10. The van der Waals surface area contributed by atoms with Crippen LogP contribution in [0.4, 0.5) is 0 Å². The van der Waals surface area contributed by atoms with Crippen LogP contribution in [0.2, 0.25) is 0 Å². The van der Waals surface area contributed by atoms with Crippen LogP contribution in [0.15, 0.2) is 51.7 Å². The van der Waals surface area contributed by atoms with Crippen molar-refractivity contribution in [3.63, 3.8) is 0 Å². The Labute approximate surface area is 142 Å². The normalized spacial score (nSPS) is 17.0. The van der Waals surface area contributed by atoms with E-state index < -0.39 is 11.4 Å². The molecule has 5 nitrogen and oxygen atoms in total. The average molecular weight is 378 g/mol. The number of hydrogen-bond acceptors (Lipinski definition) is 3. The van der Waals surface area contributed by atoms with Crippen LogP contribution in [0.25, 0.3) is 0 Å². The highest BCUT2D eigenvalue weighted by atomic mass is 79.9. The van der Waals surface area contributed by atoms with Gasteiger partial charge in [0.25, 0.3) is 5.91 Å². The number of benzene rings is 1. The van der Waals surface area contributed by atoms with E-state index in [0.717, 1.165) is 5.56 Å². The van der Waals surface area contributed by atoms with Gasteiger partial charge in [-0.3, -0.25) is 9.59 Å². The standard InChI is InChI=1S/C17H16BrNO4/c18-14-10-12(11-23-14)15(20)19-8-6-17(7-9-19,16(21)22)13-4-2-1-3-5-13/h1-5,10-11H,6-9H2,(H,21,22). The number of rotatable bonds is 3. The Morgan fingerprint density at radius 3 is 2.35 bits per heavy atom. The molecule has 120 valence electrons. The Balaban J connectivity index is 1.78. The van der Waals surface area contributed by atoms with Crippen LogP contribution in [-0.4, -0.2) is 35.0 Å². The summed E-state index contributed by atoms with van der Waals surface area (Å²) in [5, 5.41) is 9.76. The van der Waals surface area contributed by atoms with Gasteiger partial charge in [-0.05, 0) is 34.3 Å². The third kappa shape index (κ3) is 2.91. The molecule has 3 rings (SSSR count). The van der Waals surface area contributed by atoms with Crippen LogP contribution in [0, 0.1) is 0 Å². The molecule has 0 radical (unpaired) electrons. The van der Waals surface area contributed by atoms with E-state index in [-0.39, 0.29) is 5.91 Å². The Hall–Kier alpha value is -2.08. The van der Waals surface area contributed by atoms with Gasteiger partial charge in [-0.2, -0.15) is 0 Å². The fourth-order valence-electron chi connectivity index (χ4n) is 3.08. The van der Waals surface area contributed by atoms with Crippen molar-refractivity contribution in [1.29, 1.82) is 0 Å². The number of hydrogen-bond donors (Lipinski definition) is 1. The first-order chi connectivity index (χ1) is 11.0. The highest BCUT2D eigenvalue weighted by Gasteiger charge is 2.43. The third-order valence-corrected chi connectivity index (χ3v) is 4.87. The lowest BCUT2D eigenvalue weighted by atomic mass is 9.73. The molecule has 0 saturated carbocycles. The van der Waals surface area contributed by atoms with E-state index in [1.807, 2.05) is 30.3 Å². The van der Waals surface area contributed by atoms with Crippen molar-refractivity contribution < 1.29 is 19.1 Å². The van der Waals surface area contributed by atoms with Crippen molar-refractivity contribution in [2.75, 3.05) is 13.1 Å². The Morgan fingerprint density at radius 2 is 1.83 bits per heavy atom. The van der Waals surface area contributed by atoms with Crippen LogP contribution in [0.1, 0.15) is 28.8 Å². The number of carboxylic acid groups (broad SMARTS) is 1. The largest absolute Gasteiger partial charge is 0.481 e. The number of carboxylic acids is 1. The van der Waals surface area contributed by atoms with Crippen LogP contribution in [0.5, 0.6) is 0 Å². The molecule has 1 aromatic carbocycles. The van der Waals surface area contributed by atoms with Gasteiger partial charge < -0.3 is 14.4 Å². The second kappa shape index (κ2) is 6.20. The number of likely N-dealkylation sites (tertiary alicyclic amines) is 1. The predicted octanol–water partition coefficient (Wildman–Crippen LogP) is 3.30. The topological polar surface area (TPSA) is 70.8 Å². The fraction of sp³-hybridized carbons (Fsp3) is 0.294. The SMILES string of the molecule is O=C(c1coc(Br)c1)N1CCC(C(=O)O)(c2ccccc2)CC1. The van der Waals surface area contributed by atoms with Gasteiger partial charge in [0.1, 0.15) is 6.26 Å². The van der Waals surface area contributed by atoms with E-state index >= 15 is 0 Å². The van der Waals surface area contributed by atoms with E-state index in [2.05, 4.69) is 15.9 Å². The first-order valence-electron chi connectivity index (χ1n) is 7.35. The Kier molecular flexibility index (Phi) is 4.26. The van der Waals surface area contributed by atoms with Gasteiger partial charge in [0.05, 0.1) is 11.0 Å². The summed E-state index contributed by atoms with van der Waals surface area (Å²) >= 11 is 3.18. The molecule has 0 bridgehead atoms. The van der Waals surface area contributed by atoms with Crippen molar-refractivity contribution in [1.82, 2.24) is 4.90 Å². The van der Waals surface area contributed by atoms with E-state index in [0.29, 0.717) is 36.2 Å². The number of halogens is 1. The minimum Gasteiger partial charge on any atom is -0.481 e.